The Balaban J connectivity index is 0.998. The summed E-state index contributed by atoms with van der Waals surface area (Å²) in [6.07, 6.45) is 26.8. The van der Waals surface area contributed by atoms with E-state index < -0.39 is 0 Å². The summed E-state index contributed by atoms with van der Waals surface area (Å²) in [5.74, 6) is 15.9. The second kappa shape index (κ2) is 10.4. The molecule has 6 nitrogen and oxygen atoms in total. The van der Waals surface area contributed by atoms with Gasteiger partial charge in [0, 0.05) is 46.8 Å². The number of allylic oxidation sites excluding steroid dienone is 4. The number of hydrogen-bond donors (Lipinski definition) is 0. The van der Waals surface area contributed by atoms with Crippen molar-refractivity contribution in [2.24, 2.45) is 71.0 Å². The molecule has 1 aromatic carbocycles. The lowest BCUT2D eigenvalue weighted by Crippen LogP contribution is -2.63. The fourth-order valence-corrected chi connectivity index (χ4v) is 22.6. The zero-order valence-electron chi connectivity index (χ0n) is 36.7. The lowest BCUT2D eigenvalue weighted by molar-refractivity contribution is 0.128. The van der Waals surface area contributed by atoms with Gasteiger partial charge in [-0.3, -0.25) is 13.4 Å². The summed E-state index contributed by atoms with van der Waals surface area (Å²) >= 11 is 0. The molecule has 3 aromatic heterocycles. The third kappa shape index (κ3) is 3.57. The van der Waals surface area contributed by atoms with Gasteiger partial charge >= 0.3 is 5.69 Å². The Labute approximate surface area is 369 Å². The Morgan fingerprint density at radius 2 is 0.762 bits per heavy atom. The Hall–Kier alpha value is -3.54. The summed E-state index contributed by atoms with van der Waals surface area (Å²) in [4.78, 5) is 16.8. The molecule has 8 saturated carbocycles. The highest BCUT2D eigenvalue weighted by atomic mass is 16.5. The number of fused-ring (bicyclic) bond motifs is 2. The summed E-state index contributed by atoms with van der Waals surface area (Å²) in [5.41, 5.74) is 20.2. The molecule has 24 rings (SSSR count). The van der Waals surface area contributed by atoms with Crippen LogP contribution in [0.5, 0.6) is 11.5 Å². The van der Waals surface area contributed by atoms with E-state index in [2.05, 4.69) is 19.4 Å². The monoisotopic (exact) mass is 829 g/mol. The molecule has 4 aromatic rings. The molecule has 8 heteroatoms. The van der Waals surface area contributed by atoms with E-state index in [0.29, 0.717) is 53.0 Å². The predicted octanol–water partition coefficient (Wildman–Crippen LogP) is 8.25. The molecule has 16 bridgehead atoms. The summed E-state index contributed by atoms with van der Waals surface area (Å²) in [6.45, 7) is 0.391. The highest BCUT2D eigenvalue weighted by molar-refractivity contribution is 6.98. The minimum Gasteiger partial charge on any atom is -0.463 e. The van der Waals surface area contributed by atoms with Gasteiger partial charge in [0.05, 0.1) is 11.5 Å². The first-order chi connectivity index (χ1) is 31.0. The van der Waals surface area contributed by atoms with Crippen LogP contribution in [0.2, 0.25) is 0 Å². The Morgan fingerprint density at radius 1 is 0.413 bits per heavy atom. The number of benzene rings is 1. The van der Waals surface area contributed by atoms with Crippen LogP contribution < -0.4 is 37.0 Å². The first-order valence-corrected chi connectivity index (χ1v) is 27.0. The number of ether oxygens (including phenoxy) is 2. The van der Waals surface area contributed by atoms with Crippen molar-refractivity contribution in [3.05, 3.63) is 61.5 Å². The molecule has 0 amide bonds. The molecule has 0 spiro atoms. The largest absolute Gasteiger partial charge is 0.463 e. The first kappa shape index (κ1) is 33.0. The molecule has 8 unspecified atom stereocenters. The molecule has 8 atom stereocenters. The molecule has 16 aliphatic carbocycles. The molecular formula is C55H57B2N3O3. The van der Waals surface area contributed by atoms with Gasteiger partial charge in [-0.15, -0.1) is 0 Å². The molecular weight excluding hydrogens is 772 g/mol. The van der Waals surface area contributed by atoms with Crippen molar-refractivity contribution in [1.29, 1.82) is 0 Å². The van der Waals surface area contributed by atoms with Crippen LogP contribution >= 0.6 is 0 Å². The standard InChI is InChI=1S/C55H57B2N3O3/c61-55-59-48-34-13-22-1-23(14-34)6-30(5-22)40(48)46-53(59)58-50-44-38(62-51-36-17-26-3-27(18-36)10-32(9-26)42(51)56(44)46)21-39-45(50)57(43-33-11-28-4-29(12-33)20-37(19-28)52(43)63-39)47-41-31-7-24-2-25(8-31)16-35(15-24)49(41)60(55)54(47)58/h21-37H,1-20H2. The quantitative estimate of drug-likeness (QED) is 0.168. The first-order valence-electron chi connectivity index (χ1n) is 27.0. The molecule has 0 saturated heterocycles. The third-order valence-electron chi connectivity index (χ3n) is 23.4. The number of rotatable bonds is 0. The van der Waals surface area contributed by atoms with Gasteiger partial charge in [0.15, 0.2) is 0 Å². The smallest absolute Gasteiger partial charge is 0.340 e. The maximum Gasteiger partial charge on any atom is 0.340 e. The van der Waals surface area contributed by atoms with Crippen LogP contribution in [0.15, 0.2) is 33.3 Å². The van der Waals surface area contributed by atoms with Gasteiger partial charge in [0.2, 0.25) is 0 Å². The summed E-state index contributed by atoms with van der Waals surface area (Å²) < 4.78 is 23.4. The average molecular weight is 830 g/mol. The van der Waals surface area contributed by atoms with E-state index in [1.54, 1.807) is 33.0 Å². The predicted molar refractivity (Wildman–Crippen MR) is 244 cm³/mol. The van der Waals surface area contributed by atoms with Crippen molar-refractivity contribution in [3.63, 3.8) is 0 Å². The maximum atomic E-state index is 16.8. The lowest BCUT2D eigenvalue weighted by atomic mass is 9.27. The van der Waals surface area contributed by atoms with Gasteiger partial charge < -0.3 is 9.47 Å². The van der Waals surface area contributed by atoms with Crippen molar-refractivity contribution < 1.29 is 9.47 Å². The van der Waals surface area contributed by atoms with Gasteiger partial charge in [0.1, 0.15) is 22.8 Å². The minimum absolute atomic E-state index is 0.196. The van der Waals surface area contributed by atoms with Crippen molar-refractivity contribution in [1.82, 2.24) is 13.4 Å². The van der Waals surface area contributed by atoms with Crippen molar-refractivity contribution >= 4 is 46.6 Å². The van der Waals surface area contributed by atoms with E-state index in [-0.39, 0.29) is 13.4 Å². The van der Waals surface area contributed by atoms with E-state index in [9.17, 15) is 0 Å². The third-order valence-corrected chi connectivity index (χ3v) is 23.4. The molecule has 316 valence electrons. The van der Waals surface area contributed by atoms with Gasteiger partial charge in [-0.25, -0.2) is 4.79 Å². The van der Waals surface area contributed by atoms with E-state index in [0.717, 1.165) is 58.8 Å². The lowest BCUT2D eigenvalue weighted by Gasteiger charge is -2.45. The average Bonchev–Trinajstić information content (AvgIpc) is 3.53. The Kier molecular flexibility index (Phi) is 5.43. The van der Waals surface area contributed by atoms with Gasteiger partial charge in [-0.2, -0.15) is 0 Å². The zero-order valence-corrected chi connectivity index (χ0v) is 36.7. The fourth-order valence-electron chi connectivity index (χ4n) is 22.6. The second-order valence-corrected chi connectivity index (χ2v) is 26.3. The molecule has 4 aliphatic heterocycles. The van der Waals surface area contributed by atoms with E-state index >= 15 is 4.79 Å². The maximum absolute atomic E-state index is 16.8. The number of aromatic nitrogens is 3. The van der Waals surface area contributed by atoms with Gasteiger partial charge in [-0.05, 0) is 243 Å². The highest BCUT2D eigenvalue weighted by Gasteiger charge is 2.61. The molecule has 0 N–H and O–H groups in total. The summed E-state index contributed by atoms with van der Waals surface area (Å²) in [5, 5.41) is 0. The van der Waals surface area contributed by atoms with Gasteiger partial charge in [-0.1, -0.05) is 0 Å². The van der Waals surface area contributed by atoms with Crippen molar-refractivity contribution in [3.8, 4) is 17.2 Å². The Bertz CT molecular complexity index is 2870. The van der Waals surface area contributed by atoms with Crippen LogP contribution in [-0.4, -0.2) is 26.8 Å². The summed E-state index contributed by atoms with van der Waals surface area (Å²) in [7, 11) is 0. The minimum atomic E-state index is 0.196. The van der Waals surface area contributed by atoms with Crippen LogP contribution in [0.25, 0.3) is 17.0 Å². The molecule has 0 radical (unpaired) electrons. The van der Waals surface area contributed by atoms with Crippen molar-refractivity contribution in [2.45, 2.75) is 152 Å². The van der Waals surface area contributed by atoms with Crippen LogP contribution in [0, 0.1) is 71.0 Å². The fraction of sp³-hybridized carbons (Fsp3) is 0.655. The molecule has 20 aliphatic rings. The van der Waals surface area contributed by atoms with E-state index in [1.807, 2.05) is 0 Å². The van der Waals surface area contributed by atoms with Gasteiger partial charge in [0.25, 0.3) is 13.4 Å². The van der Waals surface area contributed by atoms with Crippen LogP contribution in [0.4, 0.5) is 0 Å². The van der Waals surface area contributed by atoms with E-state index in [4.69, 9.17) is 9.47 Å². The van der Waals surface area contributed by atoms with Crippen LogP contribution in [-0.2, 0) is 0 Å². The molecule has 8 fully saturated rings. The zero-order chi connectivity index (χ0) is 39.8. The number of hydrogen-bond acceptors (Lipinski definition) is 3. The molecule has 7 heterocycles. The second-order valence-electron chi connectivity index (χ2n) is 26.3. The normalized spacial score (nSPS) is 44.0. The van der Waals surface area contributed by atoms with Crippen LogP contribution in [0.1, 0.15) is 175 Å². The van der Waals surface area contributed by atoms with Crippen molar-refractivity contribution in [2.75, 3.05) is 0 Å². The van der Waals surface area contributed by atoms with E-state index in [1.165, 1.54) is 179 Å². The SMILES string of the molecule is O=c1n2c3c(c4c2n2c5c(c6c(n15)C1CC5CC(CC6C5)C1)B1C5=C(Oc6cc7c(c-2c61)B4C1=C(O7)C2CC4CC(C2)CC1C4)C1CC2CC(C1)CC5C2)C1CC2CC(C1)CC3C2. The number of nitrogens with zero attached hydrogens (tertiary/aromatic N) is 3. The Morgan fingerprint density at radius 3 is 1.16 bits per heavy atom. The molecule has 63 heavy (non-hydrogen) atoms. The highest BCUT2D eigenvalue weighted by Crippen LogP contribution is 2.63. The topological polar surface area (TPSA) is 49.3 Å². The summed E-state index contributed by atoms with van der Waals surface area (Å²) in [6, 6.07) is 2.50. The van der Waals surface area contributed by atoms with Crippen LogP contribution in [0.3, 0.4) is 0 Å².